The highest BCUT2D eigenvalue weighted by atomic mass is 35.5. The molecular formula is C19H18ClN3O2S. The topological polar surface area (TPSA) is 56.2 Å². The largest absolute Gasteiger partial charge is 0.497 e. The lowest BCUT2D eigenvalue weighted by atomic mass is 10.2. The minimum absolute atomic E-state index is 0.0867. The average Bonchev–Trinajstić information content (AvgIpc) is 3.09. The lowest BCUT2D eigenvalue weighted by Crippen LogP contribution is -2.14. The molecule has 7 heteroatoms. The molecule has 1 N–H and O–H groups in total. The summed E-state index contributed by atoms with van der Waals surface area (Å²) in [6.07, 6.45) is 3.65. The van der Waals surface area contributed by atoms with Gasteiger partial charge in [0.05, 0.1) is 12.9 Å². The van der Waals surface area contributed by atoms with Crippen LogP contribution in [0, 0.1) is 0 Å². The molecule has 0 unspecified atom stereocenters. The van der Waals surface area contributed by atoms with E-state index < -0.39 is 0 Å². The van der Waals surface area contributed by atoms with E-state index in [1.807, 2.05) is 35.0 Å². The molecule has 3 rings (SSSR count). The predicted octanol–water partition coefficient (Wildman–Crippen LogP) is 4.32. The molecule has 0 aliphatic carbocycles. The van der Waals surface area contributed by atoms with Crippen molar-refractivity contribution in [3.8, 4) is 5.75 Å². The SMILES string of the molecule is COc1ccc(Cn2ccnc2SCC(=O)Nc2ccc(Cl)cc2)cc1. The second kappa shape index (κ2) is 8.78. The first-order valence-corrected chi connectivity index (χ1v) is 9.32. The summed E-state index contributed by atoms with van der Waals surface area (Å²) in [5.41, 5.74) is 1.86. The molecule has 1 amide bonds. The van der Waals surface area contributed by atoms with Gasteiger partial charge in [-0.2, -0.15) is 0 Å². The van der Waals surface area contributed by atoms with Crippen LogP contribution in [-0.4, -0.2) is 28.3 Å². The fourth-order valence-electron chi connectivity index (χ4n) is 2.34. The number of anilines is 1. The Hall–Kier alpha value is -2.44. The summed E-state index contributed by atoms with van der Waals surface area (Å²) in [4.78, 5) is 16.5. The number of thioether (sulfide) groups is 1. The van der Waals surface area contributed by atoms with E-state index >= 15 is 0 Å². The summed E-state index contributed by atoms with van der Waals surface area (Å²) in [5, 5.41) is 4.28. The first-order valence-electron chi connectivity index (χ1n) is 7.96. The summed E-state index contributed by atoms with van der Waals surface area (Å²) in [5.74, 6) is 1.02. The fourth-order valence-corrected chi connectivity index (χ4v) is 3.23. The second-order valence-corrected chi connectivity index (χ2v) is 6.91. The highest BCUT2D eigenvalue weighted by molar-refractivity contribution is 7.99. The Balaban J connectivity index is 1.56. The van der Waals surface area contributed by atoms with E-state index in [0.29, 0.717) is 11.6 Å². The molecule has 0 spiro atoms. The van der Waals surface area contributed by atoms with E-state index in [2.05, 4.69) is 10.3 Å². The van der Waals surface area contributed by atoms with Gasteiger partial charge in [-0.05, 0) is 42.0 Å². The first-order chi connectivity index (χ1) is 12.6. The van der Waals surface area contributed by atoms with E-state index in [1.54, 1.807) is 37.6 Å². The molecule has 0 saturated carbocycles. The van der Waals surface area contributed by atoms with Crippen LogP contribution in [0.4, 0.5) is 5.69 Å². The first kappa shape index (κ1) is 18.4. The molecule has 26 heavy (non-hydrogen) atoms. The maximum Gasteiger partial charge on any atom is 0.234 e. The number of ether oxygens (including phenoxy) is 1. The maximum atomic E-state index is 12.1. The molecule has 3 aromatic rings. The number of imidazole rings is 1. The Bertz CT molecular complexity index is 863. The highest BCUT2D eigenvalue weighted by Gasteiger charge is 2.09. The van der Waals surface area contributed by atoms with Crippen molar-refractivity contribution in [2.45, 2.75) is 11.7 Å². The molecule has 0 aliphatic rings. The zero-order valence-corrected chi connectivity index (χ0v) is 15.8. The van der Waals surface area contributed by atoms with Gasteiger partial charge < -0.3 is 14.6 Å². The summed E-state index contributed by atoms with van der Waals surface area (Å²) in [6.45, 7) is 0.686. The van der Waals surface area contributed by atoms with Crippen molar-refractivity contribution in [3.63, 3.8) is 0 Å². The highest BCUT2D eigenvalue weighted by Crippen LogP contribution is 2.19. The van der Waals surface area contributed by atoms with Gasteiger partial charge in [-0.25, -0.2) is 4.98 Å². The van der Waals surface area contributed by atoms with Gasteiger partial charge in [-0.3, -0.25) is 4.79 Å². The van der Waals surface area contributed by atoms with Gasteiger partial charge in [0.15, 0.2) is 5.16 Å². The summed E-state index contributed by atoms with van der Waals surface area (Å²) in [7, 11) is 1.65. The van der Waals surface area contributed by atoms with Crippen LogP contribution in [0.25, 0.3) is 0 Å². The van der Waals surface area contributed by atoms with Crippen LogP contribution in [0.5, 0.6) is 5.75 Å². The number of carbonyl (C=O) groups excluding carboxylic acids is 1. The second-order valence-electron chi connectivity index (χ2n) is 5.53. The lowest BCUT2D eigenvalue weighted by Gasteiger charge is -2.09. The molecule has 0 radical (unpaired) electrons. The Labute approximate surface area is 161 Å². The monoisotopic (exact) mass is 387 g/mol. The minimum Gasteiger partial charge on any atom is -0.497 e. The number of methoxy groups -OCH3 is 1. The number of rotatable bonds is 7. The van der Waals surface area contributed by atoms with E-state index in [4.69, 9.17) is 16.3 Å². The molecule has 134 valence electrons. The van der Waals surface area contributed by atoms with Gasteiger partial charge in [-0.1, -0.05) is 35.5 Å². The molecule has 2 aromatic carbocycles. The van der Waals surface area contributed by atoms with Crippen LogP contribution in [0.1, 0.15) is 5.56 Å². The van der Waals surface area contributed by atoms with Crippen molar-refractivity contribution >= 4 is 35.0 Å². The standard InChI is InChI=1S/C19H18ClN3O2S/c1-25-17-8-2-14(3-9-17)12-23-11-10-21-19(23)26-13-18(24)22-16-6-4-15(20)5-7-16/h2-11H,12-13H2,1H3,(H,22,24). The van der Waals surface area contributed by atoms with Gasteiger partial charge in [0.25, 0.3) is 0 Å². The zero-order valence-electron chi connectivity index (χ0n) is 14.2. The molecule has 0 fully saturated rings. The van der Waals surface area contributed by atoms with Crippen LogP contribution in [0.3, 0.4) is 0 Å². The normalized spacial score (nSPS) is 10.5. The summed E-state index contributed by atoms with van der Waals surface area (Å²) >= 11 is 7.24. The van der Waals surface area contributed by atoms with Crippen LogP contribution in [0.2, 0.25) is 5.02 Å². The Kier molecular flexibility index (Phi) is 6.20. The Morgan fingerprint density at radius 2 is 1.92 bits per heavy atom. The third-order valence-corrected chi connectivity index (χ3v) is 4.91. The number of nitrogens with zero attached hydrogens (tertiary/aromatic N) is 2. The van der Waals surface area contributed by atoms with Crippen molar-refractivity contribution in [1.82, 2.24) is 9.55 Å². The third kappa shape index (κ3) is 5.03. The third-order valence-electron chi connectivity index (χ3n) is 3.65. The maximum absolute atomic E-state index is 12.1. The molecule has 5 nitrogen and oxygen atoms in total. The summed E-state index contributed by atoms with van der Waals surface area (Å²) < 4.78 is 7.19. The predicted molar refractivity (Wildman–Crippen MR) is 105 cm³/mol. The van der Waals surface area contributed by atoms with Gasteiger partial charge >= 0.3 is 0 Å². The zero-order chi connectivity index (χ0) is 18.4. The molecule has 1 heterocycles. The molecular weight excluding hydrogens is 370 g/mol. The lowest BCUT2D eigenvalue weighted by molar-refractivity contribution is -0.113. The number of aromatic nitrogens is 2. The molecule has 1 aromatic heterocycles. The minimum atomic E-state index is -0.0867. The van der Waals surface area contributed by atoms with Gasteiger partial charge in [0.2, 0.25) is 5.91 Å². The van der Waals surface area contributed by atoms with Crippen molar-refractivity contribution in [2.24, 2.45) is 0 Å². The number of hydrogen-bond acceptors (Lipinski definition) is 4. The number of halogens is 1. The van der Waals surface area contributed by atoms with Crippen molar-refractivity contribution in [2.75, 3.05) is 18.2 Å². The average molecular weight is 388 g/mol. The van der Waals surface area contributed by atoms with E-state index in [-0.39, 0.29) is 11.7 Å². The van der Waals surface area contributed by atoms with Crippen LogP contribution in [0.15, 0.2) is 66.1 Å². The molecule has 0 aliphatic heterocycles. The number of hydrogen-bond donors (Lipinski definition) is 1. The van der Waals surface area contributed by atoms with Gasteiger partial charge in [0.1, 0.15) is 5.75 Å². The Morgan fingerprint density at radius 1 is 1.19 bits per heavy atom. The fraction of sp³-hybridized carbons (Fsp3) is 0.158. The van der Waals surface area contributed by atoms with E-state index in [1.165, 1.54) is 11.8 Å². The van der Waals surface area contributed by atoms with Crippen molar-refractivity contribution in [1.29, 1.82) is 0 Å². The smallest absolute Gasteiger partial charge is 0.234 e. The molecule has 0 atom stereocenters. The quantitative estimate of drug-likeness (QED) is 0.613. The van der Waals surface area contributed by atoms with Gasteiger partial charge in [0, 0.05) is 29.6 Å². The Morgan fingerprint density at radius 3 is 2.62 bits per heavy atom. The molecule has 0 saturated heterocycles. The van der Waals surface area contributed by atoms with Crippen LogP contribution in [-0.2, 0) is 11.3 Å². The van der Waals surface area contributed by atoms with Crippen molar-refractivity contribution < 1.29 is 9.53 Å². The van der Waals surface area contributed by atoms with E-state index in [9.17, 15) is 4.79 Å². The number of carbonyl (C=O) groups is 1. The van der Waals surface area contributed by atoms with E-state index in [0.717, 1.165) is 22.2 Å². The number of benzene rings is 2. The van der Waals surface area contributed by atoms with Crippen LogP contribution >= 0.6 is 23.4 Å². The molecule has 0 bridgehead atoms. The van der Waals surface area contributed by atoms with Crippen LogP contribution < -0.4 is 10.1 Å². The van der Waals surface area contributed by atoms with Gasteiger partial charge in [-0.15, -0.1) is 0 Å². The number of nitrogens with one attached hydrogen (secondary N) is 1. The summed E-state index contributed by atoms with van der Waals surface area (Å²) in [6, 6.07) is 14.9. The van der Waals surface area contributed by atoms with Crippen molar-refractivity contribution in [3.05, 3.63) is 71.5 Å². The number of amides is 1.